The number of hydrogen-bond acceptors (Lipinski definition) is 3. The molecule has 0 unspecified atom stereocenters. The highest BCUT2D eigenvalue weighted by Crippen LogP contribution is 2.25. The van der Waals surface area contributed by atoms with E-state index in [1.54, 1.807) is 23.2 Å². The molecule has 1 aromatic rings. The van der Waals surface area contributed by atoms with Crippen molar-refractivity contribution in [2.24, 2.45) is 16.0 Å². The second kappa shape index (κ2) is 9.00. The molecule has 6 nitrogen and oxygen atoms in total. The number of hydrazone groups is 1. The van der Waals surface area contributed by atoms with E-state index >= 15 is 0 Å². The summed E-state index contributed by atoms with van der Waals surface area (Å²) in [5.74, 6) is -0.831. The van der Waals surface area contributed by atoms with E-state index in [-0.39, 0.29) is 11.7 Å². The first-order valence-electron chi connectivity index (χ1n) is 9.51. The standard InChI is InChI=1S/C19H26FN5O/c1-2-3-18-17(14-22-10-13-24-11-8-21-9-12-24)19(26)25(23-18)16-6-4-15(20)5-7-16/h4-7,14,17,21H,2-3,8-13H2,1H3/p+2/t17-/m1/s1. The van der Waals surface area contributed by atoms with Gasteiger partial charge in [-0.25, -0.2) is 4.39 Å². The molecule has 1 saturated heterocycles. The van der Waals surface area contributed by atoms with Crippen LogP contribution >= 0.6 is 0 Å². The highest BCUT2D eigenvalue weighted by atomic mass is 19.1. The van der Waals surface area contributed by atoms with Crippen LogP contribution in [0.2, 0.25) is 0 Å². The van der Waals surface area contributed by atoms with Crippen molar-refractivity contribution in [2.75, 3.05) is 44.3 Å². The van der Waals surface area contributed by atoms with Gasteiger partial charge in [0.25, 0.3) is 5.91 Å². The third-order valence-corrected chi connectivity index (χ3v) is 4.89. The molecule has 1 amide bonds. The van der Waals surface area contributed by atoms with E-state index in [9.17, 15) is 9.18 Å². The quantitative estimate of drug-likeness (QED) is 0.631. The molecular weight excluding hydrogens is 333 g/mol. The molecule has 0 aliphatic carbocycles. The first kappa shape index (κ1) is 18.7. The maximum atomic E-state index is 13.1. The van der Waals surface area contributed by atoms with Crippen molar-refractivity contribution in [3.8, 4) is 0 Å². The fourth-order valence-electron chi connectivity index (χ4n) is 3.43. The number of quaternary nitrogens is 2. The SMILES string of the molecule is CCCC1=NN(c2ccc(F)cc2)C(=O)[C@@H]1C=NCC[NH+]1CC[NH2+]CC1. The van der Waals surface area contributed by atoms with Crippen LogP contribution < -0.4 is 15.2 Å². The summed E-state index contributed by atoms with van der Waals surface area (Å²) in [5, 5.41) is 8.22. The van der Waals surface area contributed by atoms with Crippen LogP contribution in [-0.4, -0.2) is 57.1 Å². The second-order valence-corrected chi connectivity index (χ2v) is 6.87. The molecule has 1 fully saturated rings. The number of benzene rings is 1. The number of halogens is 1. The van der Waals surface area contributed by atoms with Gasteiger partial charge in [0, 0.05) is 6.21 Å². The van der Waals surface area contributed by atoms with Crippen molar-refractivity contribution in [3.05, 3.63) is 30.1 Å². The van der Waals surface area contributed by atoms with Crippen molar-refractivity contribution in [1.29, 1.82) is 0 Å². The number of rotatable bonds is 7. The van der Waals surface area contributed by atoms with Gasteiger partial charge in [-0.15, -0.1) is 0 Å². The zero-order valence-corrected chi connectivity index (χ0v) is 15.3. The fourth-order valence-corrected chi connectivity index (χ4v) is 3.43. The summed E-state index contributed by atoms with van der Waals surface area (Å²) in [6.45, 7) is 8.53. The van der Waals surface area contributed by atoms with Crippen LogP contribution in [0.15, 0.2) is 34.4 Å². The normalized spacial score (nSPS) is 21.6. The molecule has 2 aliphatic heterocycles. The lowest BCUT2D eigenvalue weighted by Crippen LogP contribution is -3.20. The van der Waals surface area contributed by atoms with Gasteiger partial charge in [-0.2, -0.15) is 10.1 Å². The van der Waals surface area contributed by atoms with Gasteiger partial charge in [-0.3, -0.25) is 9.79 Å². The maximum Gasteiger partial charge on any atom is 0.261 e. The Bertz CT molecular complexity index is 667. The molecule has 0 spiro atoms. The van der Waals surface area contributed by atoms with Crippen molar-refractivity contribution >= 4 is 23.5 Å². The van der Waals surface area contributed by atoms with E-state index < -0.39 is 5.92 Å². The Morgan fingerprint density at radius 1 is 1.35 bits per heavy atom. The third kappa shape index (κ3) is 4.53. The number of carbonyl (C=O) groups excluding carboxylic acids is 1. The summed E-state index contributed by atoms with van der Waals surface area (Å²) in [6, 6.07) is 5.85. The van der Waals surface area contributed by atoms with Gasteiger partial charge in [0.1, 0.15) is 37.9 Å². The molecule has 0 saturated carbocycles. The van der Waals surface area contributed by atoms with Gasteiger partial charge in [-0.05, 0) is 30.7 Å². The summed E-state index contributed by atoms with van der Waals surface area (Å²) in [5.41, 5.74) is 1.43. The van der Waals surface area contributed by atoms with Crippen molar-refractivity contribution < 1.29 is 19.4 Å². The lowest BCUT2D eigenvalue weighted by atomic mass is 10.0. The van der Waals surface area contributed by atoms with Gasteiger partial charge in [0.05, 0.1) is 24.5 Å². The van der Waals surface area contributed by atoms with E-state index in [2.05, 4.69) is 22.3 Å². The van der Waals surface area contributed by atoms with E-state index in [0.29, 0.717) is 5.69 Å². The van der Waals surface area contributed by atoms with Crippen LogP contribution in [0.4, 0.5) is 10.1 Å². The van der Waals surface area contributed by atoms with Gasteiger partial charge in [-0.1, -0.05) is 13.3 Å². The lowest BCUT2D eigenvalue weighted by molar-refractivity contribution is -0.945. The minimum absolute atomic E-state index is 0.108. The summed E-state index contributed by atoms with van der Waals surface area (Å²) >= 11 is 0. The van der Waals surface area contributed by atoms with Crippen molar-refractivity contribution in [2.45, 2.75) is 19.8 Å². The van der Waals surface area contributed by atoms with E-state index in [0.717, 1.165) is 31.6 Å². The zero-order valence-electron chi connectivity index (χ0n) is 15.3. The highest BCUT2D eigenvalue weighted by molar-refractivity contribution is 6.24. The molecule has 3 N–H and O–H groups in total. The molecule has 2 aliphatic rings. The number of nitrogens with zero attached hydrogens (tertiary/aromatic N) is 3. The molecule has 2 heterocycles. The number of nitrogens with two attached hydrogens (primary N) is 1. The van der Waals surface area contributed by atoms with E-state index in [1.165, 1.54) is 43.3 Å². The monoisotopic (exact) mass is 361 g/mol. The number of piperazine rings is 1. The Morgan fingerprint density at radius 3 is 2.77 bits per heavy atom. The number of hydrogen-bond donors (Lipinski definition) is 2. The largest absolute Gasteiger partial charge is 0.337 e. The molecular formula is C19H28FN5O+2. The Hall–Kier alpha value is -2.12. The summed E-state index contributed by atoms with van der Waals surface area (Å²) in [6.07, 6.45) is 3.44. The molecule has 0 aromatic heterocycles. The van der Waals surface area contributed by atoms with Crippen LogP contribution in [0.1, 0.15) is 19.8 Å². The number of nitrogens with one attached hydrogen (secondary N) is 1. The molecule has 1 aromatic carbocycles. The topological polar surface area (TPSA) is 66.1 Å². The van der Waals surface area contributed by atoms with Crippen LogP contribution in [-0.2, 0) is 4.79 Å². The Morgan fingerprint density at radius 2 is 2.08 bits per heavy atom. The van der Waals surface area contributed by atoms with Crippen LogP contribution in [0.3, 0.4) is 0 Å². The molecule has 3 rings (SSSR count). The number of carbonyl (C=O) groups is 1. The summed E-state index contributed by atoms with van der Waals surface area (Å²) < 4.78 is 13.1. The number of amides is 1. The Balaban J connectivity index is 1.63. The van der Waals surface area contributed by atoms with Crippen LogP contribution in [0.25, 0.3) is 0 Å². The average molecular weight is 361 g/mol. The van der Waals surface area contributed by atoms with Gasteiger partial charge in [0.15, 0.2) is 0 Å². The predicted octanol–water partition coefficient (Wildman–Crippen LogP) is -0.523. The number of anilines is 1. The molecule has 140 valence electrons. The average Bonchev–Trinajstić information content (AvgIpc) is 2.96. The predicted molar refractivity (Wildman–Crippen MR) is 100 cm³/mol. The first-order valence-corrected chi connectivity index (χ1v) is 9.51. The third-order valence-electron chi connectivity index (χ3n) is 4.89. The molecule has 26 heavy (non-hydrogen) atoms. The van der Waals surface area contributed by atoms with E-state index in [1.807, 2.05) is 0 Å². The molecule has 1 atom stereocenters. The molecule has 0 bridgehead atoms. The maximum absolute atomic E-state index is 13.1. The smallest absolute Gasteiger partial charge is 0.261 e. The minimum Gasteiger partial charge on any atom is -0.337 e. The lowest BCUT2D eigenvalue weighted by Gasteiger charge is -2.21. The molecule has 0 radical (unpaired) electrons. The van der Waals surface area contributed by atoms with Crippen LogP contribution in [0, 0.1) is 11.7 Å². The van der Waals surface area contributed by atoms with Crippen molar-refractivity contribution in [3.63, 3.8) is 0 Å². The second-order valence-electron chi connectivity index (χ2n) is 6.87. The first-order chi connectivity index (χ1) is 12.7. The van der Waals surface area contributed by atoms with Crippen LogP contribution in [0.5, 0.6) is 0 Å². The van der Waals surface area contributed by atoms with Gasteiger partial charge < -0.3 is 10.2 Å². The van der Waals surface area contributed by atoms with Gasteiger partial charge in [0.2, 0.25) is 0 Å². The minimum atomic E-state index is -0.398. The molecule has 7 heteroatoms. The Labute approximate surface area is 153 Å². The van der Waals surface area contributed by atoms with Gasteiger partial charge >= 0.3 is 0 Å². The summed E-state index contributed by atoms with van der Waals surface area (Å²) in [4.78, 5) is 18.9. The van der Waals surface area contributed by atoms with E-state index in [4.69, 9.17) is 0 Å². The fraction of sp³-hybridized carbons (Fsp3) is 0.526. The number of aliphatic imine (C=N–C) groups is 1. The summed E-state index contributed by atoms with van der Waals surface area (Å²) in [7, 11) is 0. The Kier molecular flexibility index (Phi) is 6.46. The zero-order chi connectivity index (χ0) is 18.4. The van der Waals surface area contributed by atoms with Crippen molar-refractivity contribution in [1.82, 2.24) is 0 Å². The highest BCUT2D eigenvalue weighted by Gasteiger charge is 2.34.